The van der Waals surface area contributed by atoms with Crippen molar-refractivity contribution < 1.29 is 4.79 Å². The maximum atomic E-state index is 11.8. The summed E-state index contributed by atoms with van der Waals surface area (Å²) in [5.41, 5.74) is 5.69. The van der Waals surface area contributed by atoms with Gasteiger partial charge in [0.1, 0.15) is 0 Å². The maximum Gasteiger partial charge on any atom is 0.220 e. The Hall–Kier alpha value is -0.530. The third kappa shape index (κ3) is 26.1. The van der Waals surface area contributed by atoms with Gasteiger partial charge < -0.3 is 5.73 Å². The van der Waals surface area contributed by atoms with Crippen LogP contribution >= 0.6 is 0 Å². The van der Waals surface area contributed by atoms with Gasteiger partial charge >= 0.3 is 0 Å². The normalized spacial score (nSPS) is 11.5. The smallest absolute Gasteiger partial charge is 0.220 e. The molecule has 34 heavy (non-hydrogen) atoms. The van der Waals surface area contributed by atoms with Gasteiger partial charge in [0.05, 0.1) is 0 Å². The number of primary amides is 1. The van der Waals surface area contributed by atoms with Crippen LogP contribution in [0.1, 0.15) is 194 Å². The van der Waals surface area contributed by atoms with E-state index in [1.165, 1.54) is 167 Å². The number of hydrogen-bond donors (Lipinski definition) is 1. The Morgan fingerprint density at radius 3 is 0.824 bits per heavy atom. The lowest BCUT2D eigenvalue weighted by Gasteiger charge is -2.13. The molecular weight excluding hydrogens is 414 g/mol. The van der Waals surface area contributed by atoms with E-state index >= 15 is 0 Å². The summed E-state index contributed by atoms with van der Waals surface area (Å²) in [5, 5.41) is 0. The number of hydrogen-bond acceptors (Lipinski definition) is 1. The Morgan fingerprint density at radius 2 is 0.618 bits per heavy atom. The van der Waals surface area contributed by atoms with Gasteiger partial charge in [-0.2, -0.15) is 0 Å². The van der Waals surface area contributed by atoms with E-state index in [0.29, 0.717) is 0 Å². The fourth-order valence-corrected chi connectivity index (χ4v) is 5.25. The van der Waals surface area contributed by atoms with Gasteiger partial charge in [-0.25, -0.2) is 0 Å². The molecule has 0 saturated carbocycles. The minimum Gasteiger partial charge on any atom is -0.369 e. The fourth-order valence-electron chi connectivity index (χ4n) is 5.25. The van der Waals surface area contributed by atoms with Gasteiger partial charge in [0.2, 0.25) is 5.91 Å². The summed E-state index contributed by atoms with van der Waals surface area (Å²) in [6, 6.07) is 0. The lowest BCUT2D eigenvalue weighted by Crippen LogP contribution is -2.23. The molecule has 2 N–H and O–H groups in total. The molecule has 0 aliphatic rings. The number of amides is 1. The van der Waals surface area contributed by atoms with E-state index in [9.17, 15) is 4.79 Å². The predicted octanol–water partition coefficient (Wildman–Crippen LogP) is 11.1. The summed E-state index contributed by atoms with van der Waals surface area (Å²) in [6.07, 6.45) is 37.8. The van der Waals surface area contributed by atoms with Gasteiger partial charge in [0.25, 0.3) is 0 Å². The molecule has 0 rings (SSSR count). The second-order valence-electron chi connectivity index (χ2n) is 11.2. The zero-order valence-electron chi connectivity index (χ0n) is 23.9. The van der Waals surface area contributed by atoms with E-state index < -0.39 is 0 Å². The number of rotatable bonds is 29. The summed E-state index contributed by atoms with van der Waals surface area (Å²) in [6.45, 7) is 4.57. The molecule has 0 fully saturated rings. The van der Waals surface area contributed by atoms with Gasteiger partial charge in [0.15, 0.2) is 0 Å². The molecule has 0 aliphatic carbocycles. The molecule has 0 heterocycles. The molecule has 0 aromatic carbocycles. The fraction of sp³-hybridized carbons (Fsp3) is 0.969. The quantitative estimate of drug-likeness (QED) is 0.106. The minimum absolute atomic E-state index is 0.0575. The summed E-state index contributed by atoms with van der Waals surface area (Å²) in [5.74, 6) is 0.0679. The average Bonchev–Trinajstić information content (AvgIpc) is 2.83. The molecule has 0 aliphatic heterocycles. The van der Waals surface area contributed by atoms with Crippen molar-refractivity contribution in [3.63, 3.8) is 0 Å². The summed E-state index contributed by atoms with van der Waals surface area (Å²) in [7, 11) is 0. The zero-order valence-corrected chi connectivity index (χ0v) is 23.9. The Labute approximate surface area is 216 Å². The lowest BCUT2D eigenvalue weighted by molar-refractivity contribution is -0.122. The van der Waals surface area contributed by atoms with E-state index in [1.807, 2.05) is 0 Å². The molecule has 0 atom stereocenters. The summed E-state index contributed by atoms with van der Waals surface area (Å²) >= 11 is 0. The van der Waals surface area contributed by atoms with E-state index in [1.54, 1.807) is 0 Å². The van der Waals surface area contributed by atoms with Crippen molar-refractivity contribution >= 4 is 5.91 Å². The van der Waals surface area contributed by atoms with Gasteiger partial charge in [-0.1, -0.05) is 181 Å². The number of carbonyl (C=O) groups excluding carboxylic acids is 1. The Balaban J connectivity index is 3.41. The number of nitrogens with two attached hydrogens (primary N) is 1. The van der Waals surface area contributed by atoms with Crippen LogP contribution in [0.25, 0.3) is 0 Å². The average molecular weight is 480 g/mol. The Morgan fingerprint density at radius 1 is 0.412 bits per heavy atom. The SMILES string of the molecule is CCCCCCCCCCCCCCCC(CCCCCCCCCCCCCCC)C(N)=O. The zero-order chi connectivity index (χ0) is 25.0. The van der Waals surface area contributed by atoms with E-state index in [2.05, 4.69) is 13.8 Å². The molecule has 0 unspecified atom stereocenters. The summed E-state index contributed by atoms with van der Waals surface area (Å²) < 4.78 is 0. The van der Waals surface area contributed by atoms with E-state index in [0.717, 1.165) is 12.8 Å². The van der Waals surface area contributed by atoms with Gasteiger partial charge in [-0.05, 0) is 12.8 Å². The van der Waals surface area contributed by atoms with Crippen LogP contribution in [0.15, 0.2) is 0 Å². The van der Waals surface area contributed by atoms with Crippen LogP contribution < -0.4 is 5.73 Å². The van der Waals surface area contributed by atoms with Crippen molar-refractivity contribution in [2.75, 3.05) is 0 Å². The van der Waals surface area contributed by atoms with Crippen LogP contribution in [0.2, 0.25) is 0 Å². The highest BCUT2D eigenvalue weighted by molar-refractivity contribution is 5.76. The molecule has 0 aromatic heterocycles. The molecule has 2 heteroatoms. The highest BCUT2D eigenvalue weighted by Crippen LogP contribution is 2.20. The van der Waals surface area contributed by atoms with Crippen LogP contribution in [0.4, 0.5) is 0 Å². The Bertz CT molecular complexity index is 364. The first-order valence-electron chi connectivity index (χ1n) is 16.0. The van der Waals surface area contributed by atoms with Crippen molar-refractivity contribution in [2.24, 2.45) is 11.7 Å². The first kappa shape index (κ1) is 33.5. The molecule has 204 valence electrons. The third-order valence-electron chi connectivity index (χ3n) is 7.71. The second kappa shape index (κ2) is 28.7. The van der Waals surface area contributed by atoms with Crippen molar-refractivity contribution in [3.8, 4) is 0 Å². The van der Waals surface area contributed by atoms with Crippen molar-refractivity contribution in [3.05, 3.63) is 0 Å². The van der Waals surface area contributed by atoms with Gasteiger partial charge in [-0.3, -0.25) is 4.79 Å². The minimum atomic E-state index is -0.0575. The molecule has 0 radical (unpaired) electrons. The van der Waals surface area contributed by atoms with E-state index in [-0.39, 0.29) is 11.8 Å². The topological polar surface area (TPSA) is 43.1 Å². The summed E-state index contributed by atoms with van der Waals surface area (Å²) in [4.78, 5) is 11.8. The van der Waals surface area contributed by atoms with Crippen LogP contribution in [-0.2, 0) is 4.79 Å². The molecule has 0 aromatic rings. The van der Waals surface area contributed by atoms with Crippen molar-refractivity contribution in [1.82, 2.24) is 0 Å². The van der Waals surface area contributed by atoms with Crippen LogP contribution in [0.3, 0.4) is 0 Å². The molecule has 0 bridgehead atoms. The van der Waals surface area contributed by atoms with Crippen LogP contribution in [-0.4, -0.2) is 5.91 Å². The maximum absolute atomic E-state index is 11.8. The van der Waals surface area contributed by atoms with Crippen LogP contribution in [0.5, 0.6) is 0 Å². The van der Waals surface area contributed by atoms with Gasteiger partial charge in [-0.15, -0.1) is 0 Å². The Kier molecular flexibility index (Phi) is 28.3. The molecule has 2 nitrogen and oxygen atoms in total. The van der Waals surface area contributed by atoms with Crippen molar-refractivity contribution in [1.29, 1.82) is 0 Å². The first-order valence-corrected chi connectivity index (χ1v) is 16.0. The highest BCUT2D eigenvalue weighted by Gasteiger charge is 2.14. The molecule has 1 amide bonds. The second-order valence-corrected chi connectivity index (χ2v) is 11.2. The number of carbonyl (C=O) groups is 1. The van der Waals surface area contributed by atoms with Gasteiger partial charge in [0, 0.05) is 5.92 Å². The lowest BCUT2D eigenvalue weighted by atomic mass is 9.93. The molecule has 0 spiro atoms. The highest BCUT2D eigenvalue weighted by atomic mass is 16.1. The first-order chi connectivity index (χ1) is 16.7. The standard InChI is InChI=1S/C32H65NO/c1-3-5-7-9-11-13-15-17-19-21-23-25-27-29-31(32(33)34)30-28-26-24-22-20-18-16-14-12-10-8-6-4-2/h31H,3-30H2,1-2H3,(H2,33,34). The predicted molar refractivity (Wildman–Crippen MR) is 153 cm³/mol. The molecule has 0 saturated heterocycles. The van der Waals surface area contributed by atoms with Crippen molar-refractivity contribution in [2.45, 2.75) is 194 Å². The van der Waals surface area contributed by atoms with Crippen LogP contribution in [0, 0.1) is 5.92 Å². The van der Waals surface area contributed by atoms with E-state index in [4.69, 9.17) is 5.73 Å². The monoisotopic (exact) mass is 480 g/mol. The largest absolute Gasteiger partial charge is 0.369 e. The third-order valence-corrected chi connectivity index (χ3v) is 7.71. The molecular formula is C32H65NO. The number of unbranched alkanes of at least 4 members (excludes halogenated alkanes) is 24.